The molecule has 1 rings (SSSR count). The first-order valence-electron chi connectivity index (χ1n) is 3.84. The largest absolute Gasteiger partial charge is 0.453 e. The molecule has 4 heteroatoms. The molecule has 1 saturated carbocycles. The van der Waals surface area contributed by atoms with Gasteiger partial charge in [0, 0.05) is 19.1 Å². The predicted octanol–water partition coefficient (Wildman–Crippen LogP) is 0.176. The van der Waals surface area contributed by atoms with E-state index in [4.69, 9.17) is 5.73 Å². The molecule has 0 radical (unpaired) electrons. The number of rotatable bonds is 3. The van der Waals surface area contributed by atoms with Crippen LogP contribution < -0.4 is 5.73 Å². The average Bonchev–Trinajstić information content (AvgIpc) is 2.81. The minimum Gasteiger partial charge on any atom is -0.453 e. The molecule has 0 aliphatic heterocycles. The Morgan fingerprint density at radius 1 is 1.73 bits per heavy atom. The van der Waals surface area contributed by atoms with Crippen molar-refractivity contribution in [3.63, 3.8) is 0 Å². The number of nitrogens with two attached hydrogens (primary N) is 1. The highest BCUT2D eigenvalue weighted by atomic mass is 16.5. The Morgan fingerprint density at radius 3 is 2.73 bits per heavy atom. The van der Waals surface area contributed by atoms with Crippen LogP contribution in [0.3, 0.4) is 0 Å². The second-order valence-corrected chi connectivity index (χ2v) is 2.68. The fourth-order valence-corrected chi connectivity index (χ4v) is 1.07. The number of amides is 1. The van der Waals surface area contributed by atoms with Crippen LogP contribution in [0.2, 0.25) is 0 Å². The van der Waals surface area contributed by atoms with E-state index in [9.17, 15) is 4.79 Å². The number of methoxy groups -OCH3 is 1. The highest BCUT2D eigenvalue weighted by Gasteiger charge is 2.32. The fraction of sp³-hybridized carbons (Fsp3) is 0.857. The third-order valence-electron chi connectivity index (χ3n) is 1.77. The summed E-state index contributed by atoms with van der Waals surface area (Å²) in [6.45, 7) is 1.11. The van der Waals surface area contributed by atoms with E-state index in [0.717, 1.165) is 12.8 Å². The number of ether oxygens (including phenoxy) is 1. The summed E-state index contributed by atoms with van der Waals surface area (Å²) in [5.74, 6) is 0. The Morgan fingerprint density at radius 2 is 2.36 bits per heavy atom. The Labute approximate surface area is 66.3 Å². The second-order valence-electron chi connectivity index (χ2n) is 2.68. The minimum atomic E-state index is -0.252. The van der Waals surface area contributed by atoms with E-state index >= 15 is 0 Å². The quantitative estimate of drug-likeness (QED) is 0.637. The van der Waals surface area contributed by atoms with Gasteiger partial charge in [0.1, 0.15) is 0 Å². The molecule has 0 bridgehead atoms. The molecule has 0 atom stereocenters. The van der Waals surface area contributed by atoms with E-state index in [1.807, 2.05) is 0 Å². The van der Waals surface area contributed by atoms with E-state index in [1.54, 1.807) is 4.90 Å². The molecule has 1 fully saturated rings. The van der Waals surface area contributed by atoms with Gasteiger partial charge in [0.2, 0.25) is 0 Å². The topological polar surface area (TPSA) is 55.6 Å². The second kappa shape index (κ2) is 3.57. The van der Waals surface area contributed by atoms with Gasteiger partial charge in [0.15, 0.2) is 0 Å². The zero-order valence-electron chi connectivity index (χ0n) is 6.75. The van der Waals surface area contributed by atoms with Gasteiger partial charge in [0.05, 0.1) is 7.11 Å². The van der Waals surface area contributed by atoms with Crippen molar-refractivity contribution >= 4 is 6.09 Å². The maximum atomic E-state index is 11.0. The highest BCUT2D eigenvalue weighted by Crippen LogP contribution is 2.26. The van der Waals surface area contributed by atoms with Crippen molar-refractivity contribution in [3.05, 3.63) is 0 Å². The van der Waals surface area contributed by atoms with Crippen molar-refractivity contribution in [2.45, 2.75) is 18.9 Å². The lowest BCUT2D eigenvalue weighted by Crippen LogP contribution is -2.36. The number of hydrogen-bond acceptors (Lipinski definition) is 3. The lowest BCUT2D eigenvalue weighted by Gasteiger charge is -2.19. The molecule has 64 valence electrons. The fourth-order valence-electron chi connectivity index (χ4n) is 1.07. The van der Waals surface area contributed by atoms with Gasteiger partial charge in [-0.2, -0.15) is 0 Å². The summed E-state index contributed by atoms with van der Waals surface area (Å²) < 4.78 is 4.60. The molecule has 2 N–H and O–H groups in total. The van der Waals surface area contributed by atoms with Crippen LogP contribution in [0.15, 0.2) is 0 Å². The van der Waals surface area contributed by atoms with Gasteiger partial charge < -0.3 is 15.4 Å². The summed E-state index contributed by atoms with van der Waals surface area (Å²) in [5, 5.41) is 0. The van der Waals surface area contributed by atoms with Crippen LogP contribution in [-0.4, -0.2) is 37.2 Å². The van der Waals surface area contributed by atoms with Crippen LogP contribution in [0.1, 0.15) is 12.8 Å². The maximum absolute atomic E-state index is 11.0. The SMILES string of the molecule is COC(=O)N(CCN)C1CC1. The molecule has 0 heterocycles. The molecule has 1 amide bonds. The van der Waals surface area contributed by atoms with Gasteiger partial charge in [0.25, 0.3) is 0 Å². The smallest absolute Gasteiger partial charge is 0.409 e. The number of nitrogens with zero attached hydrogens (tertiary/aromatic N) is 1. The summed E-state index contributed by atoms with van der Waals surface area (Å²) in [5.41, 5.74) is 5.34. The van der Waals surface area contributed by atoms with Crippen molar-refractivity contribution in [3.8, 4) is 0 Å². The summed E-state index contributed by atoms with van der Waals surface area (Å²) in [6, 6.07) is 0.394. The number of carbonyl (C=O) groups excluding carboxylic acids is 1. The lowest BCUT2D eigenvalue weighted by molar-refractivity contribution is 0.122. The first-order chi connectivity index (χ1) is 5.29. The third kappa shape index (κ3) is 2.08. The first-order valence-corrected chi connectivity index (χ1v) is 3.84. The van der Waals surface area contributed by atoms with Gasteiger partial charge >= 0.3 is 6.09 Å². The molecule has 0 aromatic rings. The molecule has 1 aliphatic carbocycles. The zero-order valence-corrected chi connectivity index (χ0v) is 6.75. The molecular weight excluding hydrogens is 144 g/mol. The monoisotopic (exact) mass is 158 g/mol. The van der Waals surface area contributed by atoms with Crippen LogP contribution in [0.25, 0.3) is 0 Å². The van der Waals surface area contributed by atoms with Crippen LogP contribution in [0.5, 0.6) is 0 Å². The molecule has 0 aromatic heterocycles. The van der Waals surface area contributed by atoms with Crippen molar-refractivity contribution in [2.24, 2.45) is 5.73 Å². The Bertz CT molecular complexity index is 145. The first kappa shape index (κ1) is 8.33. The van der Waals surface area contributed by atoms with Crippen LogP contribution >= 0.6 is 0 Å². The number of hydrogen-bond donors (Lipinski definition) is 1. The Hall–Kier alpha value is -0.770. The van der Waals surface area contributed by atoms with E-state index in [0.29, 0.717) is 19.1 Å². The average molecular weight is 158 g/mol. The van der Waals surface area contributed by atoms with E-state index in [2.05, 4.69) is 4.74 Å². The third-order valence-corrected chi connectivity index (χ3v) is 1.77. The lowest BCUT2D eigenvalue weighted by atomic mass is 10.5. The highest BCUT2D eigenvalue weighted by molar-refractivity contribution is 5.68. The molecule has 0 saturated heterocycles. The summed E-state index contributed by atoms with van der Waals surface area (Å²) in [6.07, 6.45) is 1.93. The number of carbonyl (C=O) groups is 1. The van der Waals surface area contributed by atoms with Crippen LogP contribution in [0.4, 0.5) is 4.79 Å². The van der Waals surface area contributed by atoms with E-state index in [1.165, 1.54) is 7.11 Å². The normalized spacial score (nSPS) is 16.2. The summed E-state index contributed by atoms with van der Waals surface area (Å²) in [4.78, 5) is 12.7. The van der Waals surface area contributed by atoms with E-state index < -0.39 is 0 Å². The summed E-state index contributed by atoms with van der Waals surface area (Å²) in [7, 11) is 1.40. The van der Waals surface area contributed by atoms with Gasteiger partial charge in [-0.15, -0.1) is 0 Å². The van der Waals surface area contributed by atoms with Crippen molar-refractivity contribution < 1.29 is 9.53 Å². The van der Waals surface area contributed by atoms with Crippen LogP contribution in [-0.2, 0) is 4.74 Å². The maximum Gasteiger partial charge on any atom is 0.409 e. The van der Waals surface area contributed by atoms with E-state index in [-0.39, 0.29) is 6.09 Å². The summed E-state index contributed by atoms with van der Waals surface area (Å²) >= 11 is 0. The van der Waals surface area contributed by atoms with Crippen molar-refractivity contribution in [1.29, 1.82) is 0 Å². The molecule has 0 spiro atoms. The molecule has 4 nitrogen and oxygen atoms in total. The standard InChI is InChI=1S/C7H14N2O2/c1-11-7(10)9(5-4-8)6-2-3-6/h6H,2-5,8H2,1H3. The van der Waals surface area contributed by atoms with Gasteiger partial charge in [-0.25, -0.2) is 4.79 Å². The molecule has 11 heavy (non-hydrogen) atoms. The van der Waals surface area contributed by atoms with Crippen molar-refractivity contribution in [1.82, 2.24) is 4.90 Å². The van der Waals surface area contributed by atoms with Gasteiger partial charge in [-0.1, -0.05) is 0 Å². The predicted molar refractivity (Wildman–Crippen MR) is 41.2 cm³/mol. The zero-order chi connectivity index (χ0) is 8.27. The molecule has 0 unspecified atom stereocenters. The Balaban J connectivity index is 2.37. The molecule has 0 aromatic carbocycles. The van der Waals surface area contributed by atoms with Crippen LogP contribution in [0, 0.1) is 0 Å². The molecule has 1 aliphatic rings. The van der Waals surface area contributed by atoms with Gasteiger partial charge in [-0.05, 0) is 12.8 Å². The Kier molecular flexibility index (Phi) is 2.70. The van der Waals surface area contributed by atoms with Gasteiger partial charge in [-0.3, -0.25) is 0 Å². The molecular formula is C7H14N2O2. The minimum absolute atomic E-state index is 0.252. The van der Waals surface area contributed by atoms with Crippen molar-refractivity contribution in [2.75, 3.05) is 20.2 Å².